The van der Waals surface area contributed by atoms with Gasteiger partial charge in [0.2, 0.25) is 0 Å². The molecule has 0 spiro atoms. The van der Waals surface area contributed by atoms with Gasteiger partial charge in [0.15, 0.2) is 0 Å². The van der Waals surface area contributed by atoms with Gasteiger partial charge in [-0.15, -0.1) is 12.4 Å². The summed E-state index contributed by atoms with van der Waals surface area (Å²) in [5.41, 5.74) is -0.349. The van der Waals surface area contributed by atoms with E-state index in [0.717, 1.165) is 19.4 Å². The third-order valence-electron chi connectivity index (χ3n) is 2.77. The monoisotopic (exact) mass is 177 g/mol. The summed E-state index contributed by atoms with van der Waals surface area (Å²) in [4.78, 5) is 10.7. The Labute approximate surface area is 71.6 Å². The van der Waals surface area contributed by atoms with Gasteiger partial charge in [0.25, 0.3) is 0 Å². The van der Waals surface area contributed by atoms with E-state index in [9.17, 15) is 4.79 Å². The molecule has 3 nitrogen and oxygen atoms in total. The Kier molecular flexibility index (Phi) is 2.12. The summed E-state index contributed by atoms with van der Waals surface area (Å²) >= 11 is 0. The zero-order valence-corrected chi connectivity index (χ0v) is 6.99. The van der Waals surface area contributed by atoms with Crippen molar-refractivity contribution < 1.29 is 9.90 Å². The van der Waals surface area contributed by atoms with E-state index in [0.29, 0.717) is 12.5 Å². The van der Waals surface area contributed by atoms with Crippen molar-refractivity contribution in [1.29, 1.82) is 0 Å². The van der Waals surface area contributed by atoms with E-state index >= 15 is 0 Å². The van der Waals surface area contributed by atoms with Crippen molar-refractivity contribution >= 4 is 18.4 Å². The highest BCUT2D eigenvalue weighted by Gasteiger charge is 2.60. The first kappa shape index (κ1) is 8.81. The average Bonchev–Trinajstić information content (AvgIpc) is 2.61. The van der Waals surface area contributed by atoms with Gasteiger partial charge in [-0.2, -0.15) is 0 Å². The van der Waals surface area contributed by atoms with Crippen molar-refractivity contribution in [3.8, 4) is 0 Å². The molecule has 1 aliphatic heterocycles. The van der Waals surface area contributed by atoms with E-state index in [2.05, 4.69) is 5.32 Å². The van der Waals surface area contributed by atoms with Gasteiger partial charge < -0.3 is 10.4 Å². The van der Waals surface area contributed by atoms with E-state index in [1.807, 2.05) is 0 Å². The molecular weight excluding hydrogens is 166 g/mol. The average molecular weight is 178 g/mol. The Morgan fingerprint density at radius 1 is 1.64 bits per heavy atom. The van der Waals surface area contributed by atoms with Crippen LogP contribution in [-0.4, -0.2) is 24.2 Å². The quantitative estimate of drug-likeness (QED) is 0.613. The SMILES string of the molecule is Cl.O=C(O)[C@@]12CNCCC1C2. The van der Waals surface area contributed by atoms with Gasteiger partial charge in [-0.1, -0.05) is 0 Å². The van der Waals surface area contributed by atoms with Crippen molar-refractivity contribution in [3.05, 3.63) is 0 Å². The molecule has 2 rings (SSSR count). The zero-order valence-electron chi connectivity index (χ0n) is 6.17. The highest BCUT2D eigenvalue weighted by molar-refractivity contribution is 5.85. The molecule has 0 bridgehead atoms. The zero-order chi connectivity index (χ0) is 7.19. The van der Waals surface area contributed by atoms with Crippen LogP contribution >= 0.6 is 12.4 Å². The molecule has 1 unspecified atom stereocenters. The van der Waals surface area contributed by atoms with Gasteiger partial charge in [-0.05, 0) is 25.3 Å². The summed E-state index contributed by atoms with van der Waals surface area (Å²) in [5.74, 6) is -0.129. The Balaban J connectivity index is 0.000000605. The molecule has 1 saturated heterocycles. The minimum atomic E-state index is -0.607. The molecule has 0 aromatic heterocycles. The van der Waals surface area contributed by atoms with Crippen molar-refractivity contribution in [2.75, 3.05) is 13.1 Å². The van der Waals surface area contributed by atoms with Crippen LogP contribution in [0.2, 0.25) is 0 Å². The molecule has 4 heteroatoms. The molecule has 2 N–H and O–H groups in total. The summed E-state index contributed by atoms with van der Waals surface area (Å²) in [5, 5.41) is 11.9. The maximum absolute atomic E-state index is 10.7. The lowest BCUT2D eigenvalue weighted by Crippen LogP contribution is -2.36. The minimum Gasteiger partial charge on any atom is -0.481 e. The van der Waals surface area contributed by atoms with Crippen LogP contribution in [0, 0.1) is 11.3 Å². The lowest BCUT2D eigenvalue weighted by atomic mass is 9.99. The van der Waals surface area contributed by atoms with E-state index in [1.165, 1.54) is 0 Å². The largest absolute Gasteiger partial charge is 0.481 e. The molecule has 1 aliphatic carbocycles. The topological polar surface area (TPSA) is 49.3 Å². The predicted octanol–water partition coefficient (Wildman–Crippen LogP) is 0.492. The highest BCUT2D eigenvalue weighted by atomic mass is 35.5. The number of carboxylic acids is 1. The standard InChI is InChI=1S/C7H11NO2.ClH/c9-6(10)7-3-5(7)1-2-8-4-7;/h5,8H,1-4H2,(H,9,10);1H/t5?,7-;/m0./s1. The molecule has 0 aromatic carbocycles. The lowest BCUT2D eigenvalue weighted by molar-refractivity contribution is -0.144. The smallest absolute Gasteiger partial charge is 0.311 e. The van der Waals surface area contributed by atoms with Crippen LogP contribution in [0.4, 0.5) is 0 Å². The number of carboxylic acid groups (broad SMARTS) is 1. The number of halogens is 1. The van der Waals surface area contributed by atoms with E-state index in [4.69, 9.17) is 5.11 Å². The van der Waals surface area contributed by atoms with Crippen molar-refractivity contribution in [2.45, 2.75) is 12.8 Å². The van der Waals surface area contributed by atoms with Gasteiger partial charge in [-0.25, -0.2) is 0 Å². The van der Waals surface area contributed by atoms with Crippen LogP contribution in [0.15, 0.2) is 0 Å². The van der Waals surface area contributed by atoms with Crippen molar-refractivity contribution in [1.82, 2.24) is 5.32 Å². The van der Waals surface area contributed by atoms with Gasteiger partial charge in [-0.3, -0.25) is 4.79 Å². The van der Waals surface area contributed by atoms with Crippen LogP contribution < -0.4 is 5.32 Å². The van der Waals surface area contributed by atoms with Crippen LogP contribution in [0.1, 0.15) is 12.8 Å². The second kappa shape index (κ2) is 2.64. The number of hydrogen-bond acceptors (Lipinski definition) is 2. The first-order valence-electron chi connectivity index (χ1n) is 3.70. The lowest BCUT2D eigenvalue weighted by Gasteiger charge is -2.18. The molecule has 2 atom stereocenters. The number of piperidine rings is 1. The summed E-state index contributed by atoms with van der Waals surface area (Å²) in [6.45, 7) is 1.69. The van der Waals surface area contributed by atoms with Gasteiger partial charge in [0.05, 0.1) is 5.41 Å². The molecule has 1 saturated carbocycles. The van der Waals surface area contributed by atoms with E-state index in [1.54, 1.807) is 0 Å². The fourth-order valence-electron chi connectivity index (χ4n) is 1.90. The molecule has 2 aliphatic rings. The third kappa shape index (κ3) is 1.12. The van der Waals surface area contributed by atoms with E-state index < -0.39 is 5.97 Å². The van der Waals surface area contributed by atoms with Gasteiger partial charge in [0.1, 0.15) is 0 Å². The number of fused-ring (bicyclic) bond motifs is 1. The summed E-state index contributed by atoms with van der Waals surface area (Å²) in [6, 6.07) is 0. The van der Waals surface area contributed by atoms with Crippen molar-refractivity contribution in [3.63, 3.8) is 0 Å². The summed E-state index contributed by atoms with van der Waals surface area (Å²) in [7, 11) is 0. The Morgan fingerprint density at radius 2 is 2.36 bits per heavy atom. The Bertz CT molecular complexity index is 185. The second-order valence-corrected chi connectivity index (χ2v) is 3.33. The fraction of sp³-hybridized carbons (Fsp3) is 0.857. The normalized spacial score (nSPS) is 40.2. The molecule has 11 heavy (non-hydrogen) atoms. The molecular formula is C7H12ClNO2. The number of carbonyl (C=O) groups is 1. The summed E-state index contributed by atoms with van der Waals surface area (Å²) < 4.78 is 0. The molecule has 0 radical (unpaired) electrons. The van der Waals surface area contributed by atoms with Gasteiger partial charge in [0, 0.05) is 6.54 Å². The number of aliphatic carboxylic acids is 1. The maximum atomic E-state index is 10.7. The summed E-state index contributed by atoms with van der Waals surface area (Å²) in [6.07, 6.45) is 1.95. The first-order valence-corrected chi connectivity index (χ1v) is 3.70. The van der Waals surface area contributed by atoms with Crippen LogP contribution in [0.5, 0.6) is 0 Å². The Hall–Kier alpha value is -0.280. The van der Waals surface area contributed by atoms with Crippen LogP contribution in [-0.2, 0) is 4.79 Å². The number of rotatable bonds is 1. The second-order valence-electron chi connectivity index (χ2n) is 3.33. The Morgan fingerprint density at radius 3 is 2.82 bits per heavy atom. The van der Waals surface area contributed by atoms with Gasteiger partial charge >= 0.3 is 5.97 Å². The van der Waals surface area contributed by atoms with Crippen molar-refractivity contribution in [2.24, 2.45) is 11.3 Å². The first-order chi connectivity index (χ1) is 4.76. The predicted molar refractivity (Wildman–Crippen MR) is 42.9 cm³/mol. The van der Waals surface area contributed by atoms with Crippen LogP contribution in [0.25, 0.3) is 0 Å². The highest BCUT2D eigenvalue weighted by Crippen LogP contribution is 2.55. The van der Waals surface area contributed by atoms with E-state index in [-0.39, 0.29) is 17.8 Å². The number of hydrogen-bond donors (Lipinski definition) is 2. The molecule has 64 valence electrons. The molecule has 0 amide bonds. The molecule has 1 heterocycles. The minimum absolute atomic E-state index is 0. The maximum Gasteiger partial charge on any atom is 0.311 e. The molecule has 0 aromatic rings. The van der Waals surface area contributed by atoms with Crippen LogP contribution in [0.3, 0.4) is 0 Å². The molecule has 2 fully saturated rings. The number of nitrogens with one attached hydrogen (secondary N) is 1. The third-order valence-corrected chi connectivity index (χ3v) is 2.77. The fourth-order valence-corrected chi connectivity index (χ4v) is 1.90.